The van der Waals surface area contributed by atoms with Crippen LogP contribution in [0.2, 0.25) is 0 Å². The fourth-order valence-corrected chi connectivity index (χ4v) is 2.75. The molecule has 1 aliphatic carbocycles. The van der Waals surface area contributed by atoms with Crippen LogP contribution in [0.5, 0.6) is 0 Å². The van der Waals surface area contributed by atoms with E-state index in [-0.39, 0.29) is 11.8 Å². The van der Waals surface area contributed by atoms with Crippen LogP contribution in [-0.2, 0) is 9.53 Å². The second kappa shape index (κ2) is 7.80. The molecule has 1 rings (SSSR count). The molecule has 0 heterocycles. The van der Waals surface area contributed by atoms with Crippen molar-refractivity contribution >= 4 is 17.5 Å². The quantitative estimate of drug-likeness (QED) is 0.549. The van der Waals surface area contributed by atoms with Crippen molar-refractivity contribution in [2.45, 2.75) is 40.0 Å². The van der Waals surface area contributed by atoms with Gasteiger partial charge in [0.15, 0.2) is 0 Å². The highest BCUT2D eigenvalue weighted by Gasteiger charge is 2.26. The van der Waals surface area contributed by atoms with E-state index in [1.54, 1.807) is 0 Å². The topological polar surface area (TPSA) is 29.5 Å². The van der Waals surface area contributed by atoms with Gasteiger partial charge in [0.2, 0.25) is 5.91 Å². The minimum Gasteiger partial charge on any atom is -0.380 e. The summed E-state index contributed by atoms with van der Waals surface area (Å²) in [6.45, 7) is 8.13. The molecule has 104 valence electrons. The molecule has 0 spiro atoms. The minimum absolute atomic E-state index is 0.0144. The Kier molecular flexibility index (Phi) is 6.72. The van der Waals surface area contributed by atoms with E-state index in [0.717, 1.165) is 12.8 Å². The molecule has 0 bridgehead atoms. The van der Waals surface area contributed by atoms with Gasteiger partial charge in [-0.25, -0.2) is 0 Å². The molecule has 1 unspecified atom stereocenters. The molecule has 1 atom stereocenters. The third kappa shape index (κ3) is 3.99. The first kappa shape index (κ1) is 15.5. The molecule has 0 saturated heterocycles. The molecule has 0 aliphatic heterocycles. The first-order valence-electron chi connectivity index (χ1n) is 6.75. The fourth-order valence-electron chi connectivity index (χ4n) is 2.61. The van der Waals surface area contributed by atoms with Crippen molar-refractivity contribution in [3.05, 3.63) is 11.3 Å². The molecular weight excluding hydrogens is 250 g/mol. The van der Waals surface area contributed by atoms with Crippen LogP contribution in [0, 0.1) is 5.92 Å². The number of rotatable bonds is 6. The van der Waals surface area contributed by atoms with Crippen molar-refractivity contribution in [2.75, 3.05) is 25.6 Å². The zero-order valence-corrected chi connectivity index (χ0v) is 12.4. The van der Waals surface area contributed by atoms with Crippen molar-refractivity contribution in [1.29, 1.82) is 0 Å². The summed E-state index contributed by atoms with van der Waals surface area (Å²) in [4.78, 5) is 13.8. The SMILES string of the molecule is CCOCCN(C(=O)CCl)C1=C(C)CCCC1C. The number of nitrogens with zero attached hydrogens (tertiary/aromatic N) is 1. The van der Waals surface area contributed by atoms with Crippen LogP contribution in [0.25, 0.3) is 0 Å². The lowest BCUT2D eigenvalue weighted by Gasteiger charge is -2.33. The van der Waals surface area contributed by atoms with Crippen molar-refractivity contribution in [1.82, 2.24) is 4.90 Å². The van der Waals surface area contributed by atoms with Crippen LogP contribution >= 0.6 is 11.6 Å². The number of ether oxygens (including phenoxy) is 1. The van der Waals surface area contributed by atoms with Gasteiger partial charge in [0.1, 0.15) is 5.88 Å². The number of hydrogen-bond donors (Lipinski definition) is 0. The molecule has 1 aliphatic rings. The average Bonchev–Trinajstić information content (AvgIpc) is 2.36. The summed E-state index contributed by atoms with van der Waals surface area (Å²) in [5.74, 6) is 0.460. The Balaban J connectivity index is 2.83. The molecule has 1 amide bonds. The molecule has 0 aromatic heterocycles. The molecule has 0 saturated carbocycles. The number of allylic oxidation sites excluding steroid dienone is 2. The maximum atomic E-state index is 12.0. The summed E-state index contributed by atoms with van der Waals surface area (Å²) in [5.41, 5.74) is 2.50. The second-order valence-corrected chi connectivity index (χ2v) is 5.10. The summed E-state index contributed by atoms with van der Waals surface area (Å²) in [5, 5.41) is 0. The minimum atomic E-state index is -0.0144. The summed E-state index contributed by atoms with van der Waals surface area (Å²) in [7, 11) is 0. The highest BCUT2D eigenvalue weighted by Crippen LogP contribution is 2.32. The van der Waals surface area contributed by atoms with E-state index in [2.05, 4.69) is 13.8 Å². The molecule has 0 fully saturated rings. The van der Waals surface area contributed by atoms with Gasteiger partial charge in [-0.2, -0.15) is 0 Å². The molecule has 18 heavy (non-hydrogen) atoms. The normalized spacial score (nSPS) is 20.1. The zero-order chi connectivity index (χ0) is 13.5. The van der Waals surface area contributed by atoms with E-state index in [0.29, 0.717) is 25.7 Å². The van der Waals surface area contributed by atoms with Crippen LogP contribution in [0.4, 0.5) is 0 Å². The number of halogens is 1. The maximum Gasteiger partial charge on any atom is 0.241 e. The predicted octanol–water partition coefficient (Wildman–Crippen LogP) is 3.18. The van der Waals surface area contributed by atoms with E-state index in [1.807, 2.05) is 11.8 Å². The van der Waals surface area contributed by atoms with E-state index < -0.39 is 0 Å². The number of hydrogen-bond acceptors (Lipinski definition) is 2. The van der Waals surface area contributed by atoms with Crippen LogP contribution in [0.15, 0.2) is 11.3 Å². The Morgan fingerprint density at radius 3 is 2.83 bits per heavy atom. The van der Waals surface area contributed by atoms with Gasteiger partial charge in [0.05, 0.1) is 6.61 Å². The average molecular weight is 274 g/mol. The van der Waals surface area contributed by atoms with Crippen molar-refractivity contribution < 1.29 is 9.53 Å². The third-order valence-electron chi connectivity index (χ3n) is 3.46. The van der Waals surface area contributed by atoms with Crippen molar-refractivity contribution in [3.8, 4) is 0 Å². The molecule has 0 N–H and O–H groups in total. The molecule has 0 radical (unpaired) electrons. The van der Waals surface area contributed by atoms with Crippen LogP contribution < -0.4 is 0 Å². The monoisotopic (exact) mass is 273 g/mol. The van der Waals surface area contributed by atoms with Gasteiger partial charge in [0.25, 0.3) is 0 Å². The van der Waals surface area contributed by atoms with E-state index in [1.165, 1.54) is 17.7 Å². The summed E-state index contributed by atoms with van der Waals surface area (Å²) in [6, 6.07) is 0. The number of carbonyl (C=O) groups is 1. The predicted molar refractivity (Wildman–Crippen MR) is 74.6 cm³/mol. The first-order chi connectivity index (χ1) is 8.61. The van der Waals surface area contributed by atoms with Gasteiger partial charge in [-0.1, -0.05) is 12.5 Å². The molecule has 3 nitrogen and oxygen atoms in total. The Bertz CT molecular complexity index is 315. The van der Waals surface area contributed by atoms with Crippen LogP contribution in [-0.4, -0.2) is 36.4 Å². The van der Waals surface area contributed by atoms with Crippen LogP contribution in [0.3, 0.4) is 0 Å². The lowest BCUT2D eigenvalue weighted by atomic mass is 9.88. The van der Waals surface area contributed by atoms with Gasteiger partial charge < -0.3 is 9.64 Å². The Morgan fingerprint density at radius 2 is 2.28 bits per heavy atom. The smallest absolute Gasteiger partial charge is 0.241 e. The molecule has 4 heteroatoms. The Hall–Kier alpha value is -0.540. The number of carbonyl (C=O) groups excluding carboxylic acids is 1. The largest absolute Gasteiger partial charge is 0.380 e. The van der Waals surface area contributed by atoms with Gasteiger partial charge in [-0.15, -0.1) is 11.6 Å². The first-order valence-corrected chi connectivity index (χ1v) is 7.29. The summed E-state index contributed by atoms with van der Waals surface area (Å²) >= 11 is 5.72. The number of amides is 1. The van der Waals surface area contributed by atoms with Crippen LogP contribution in [0.1, 0.15) is 40.0 Å². The fraction of sp³-hybridized carbons (Fsp3) is 0.786. The maximum absolute atomic E-state index is 12.0. The van der Waals surface area contributed by atoms with E-state index >= 15 is 0 Å². The molecule has 0 aromatic carbocycles. The van der Waals surface area contributed by atoms with Crippen molar-refractivity contribution in [2.24, 2.45) is 5.92 Å². The lowest BCUT2D eigenvalue weighted by Crippen LogP contribution is -2.38. The highest BCUT2D eigenvalue weighted by atomic mass is 35.5. The van der Waals surface area contributed by atoms with E-state index in [9.17, 15) is 4.79 Å². The Morgan fingerprint density at radius 1 is 1.56 bits per heavy atom. The summed E-state index contributed by atoms with van der Waals surface area (Å²) in [6.07, 6.45) is 3.44. The third-order valence-corrected chi connectivity index (χ3v) is 3.69. The molecule has 0 aromatic rings. The molecular formula is C14H24ClNO2. The number of alkyl halides is 1. The standard InChI is InChI=1S/C14H24ClNO2/c1-4-18-9-8-16(13(17)10-15)14-11(2)6-5-7-12(14)3/h11H,4-10H2,1-3H3. The summed E-state index contributed by atoms with van der Waals surface area (Å²) < 4.78 is 5.36. The second-order valence-electron chi connectivity index (χ2n) is 4.83. The van der Waals surface area contributed by atoms with Crippen molar-refractivity contribution in [3.63, 3.8) is 0 Å². The van der Waals surface area contributed by atoms with E-state index in [4.69, 9.17) is 16.3 Å². The Labute approximate surface area is 115 Å². The van der Waals surface area contributed by atoms with Gasteiger partial charge in [0, 0.05) is 18.8 Å². The highest BCUT2D eigenvalue weighted by molar-refractivity contribution is 6.27. The van der Waals surface area contributed by atoms with Gasteiger partial charge >= 0.3 is 0 Å². The van der Waals surface area contributed by atoms with Gasteiger partial charge in [-0.3, -0.25) is 4.79 Å². The lowest BCUT2D eigenvalue weighted by molar-refractivity contribution is -0.127. The zero-order valence-electron chi connectivity index (χ0n) is 11.7. The van der Waals surface area contributed by atoms with Gasteiger partial charge in [-0.05, 0) is 39.0 Å².